The van der Waals surface area contributed by atoms with Gasteiger partial charge in [-0.1, -0.05) is 23.2 Å². The summed E-state index contributed by atoms with van der Waals surface area (Å²) in [6.45, 7) is 6.16. The molecule has 0 bridgehead atoms. The van der Waals surface area contributed by atoms with Gasteiger partial charge in [-0.2, -0.15) is 0 Å². The third-order valence-corrected chi connectivity index (χ3v) is 4.19. The Labute approximate surface area is 119 Å². The fourth-order valence-corrected chi connectivity index (χ4v) is 3.05. The first-order chi connectivity index (χ1) is 8.40. The average molecular weight is 288 g/mol. The number of hydrogen-bond donors (Lipinski definition) is 1. The number of nitrogens with zero attached hydrogens (tertiary/aromatic N) is 1. The van der Waals surface area contributed by atoms with Crippen LogP contribution in [0.3, 0.4) is 0 Å². The molecule has 1 aliphatic heterocycles. The Balaban J connectivity index is 2.18. The first-order valence-electron chi connectivity index (χ1n) is 6.34. The van der Waals surface area contributed by atoms with E-state index in [9.17, 15) is 5.11 Å². The molecule has 0 radical (unpaired) electrons. The second-order valence-corrected chi connectivity index (χ2v) is 6.19. The van der Waals surface area contributed by atoms with Crippen molar-refractivity contribution in [1.29, 1.82) is 0 Å². The maximum atomic E-state index is 10.7. The fourth-order valence-electron chi connectivity index (χ4n) is 2.52. The molecule has 0 saturated carbocycles. The van der Waals surface area contributed by atoms with E-state index in [4.69, 9.17) is 23.2 Å². The maximum Gasteiger partial charge on any atom is 0.0922 e. The smallest absolute Gasteiger partial charge is 0.0922 e. The summed E-state index contributed by atoms with van der Waals surface area (Å²) in [4.78, 5) is 2.38. The van der Waals surface area contributed by atoms with Crippen molar-refractivity contribution in [3.63, 3.8) is 0 Å². The van der Waals surface area contributed by atoms with Gasteiger partial charge in [0, 0.05) is 29.2 Å². The summed E-state index contributed by atoms with van der Waals surface area (Å²) >= 11 is 12.0. The maximum absolute atomic E-state index is 10.7. The van der Waals surface area contributed by atoms with Crippen molar-refractivity contribution < 1.29 is 5.11 Å². The lowest BCUT2D eigenvalue weighted by atomic mass is 9.84. The minimum atomic E-state index is -0.792. The van der Waals surface area contributed by atoms with Crippen LogP contribution in [0.25, 0.3) is 0 Å². The highest BCUT2D eigenvalue weighted by atomic mass is 35.5. The van der Waals surface area contributed by atoms with Crippen LogP contribution in [0, 0.1) is 0 Å². The molecule has 0 unspecified atom stereocenters. The molecular weight excluding hydrogens is 269 g/mol. The van der Waals surface area contributed by atoms with Crippen molar-refractivity contribution in [3.8, 4) is 0 Å². The predicted molar refractivity (Wildman–Crippen MR) is 76.3 cm³/mol. The lowest BCUT2D eigenvalue weighted by Crippen LogP contribution is -2.45. The third kappa shape index (κ3) is 3.00. The molecule has 100 valence electrons. The predicted octanol–water partition coefficient (Wildman–Crippen LogP) is 3.69. The number of piperidine rings is 1. The minimum absolute atomic E-state index is 0.525. The van der Waals surface area contributed by atoms with Crippen LogP contribution in [-0.2, 0) is 5.60 Å². The van der Waals surface area contributed by atoms with Crippen LogP contribution in [0.1, 0.15) is 32.3 Å². The van der Waals surface area contributed by atoms with Gasteiger partial charge >= 0.3 is 0 Å². The van der Waals surface area contributed by atoms with E-state index >= 15 is 0 Å². The summed E-state index contributed by atoms with van der Waals surface area (Å²) in [5, 5.41) is 11.9. The Morgan fingerprint density at radius 2 is 1.61 bits per heavy atom. The van der Waals surface area contributed by atoms with Crippen LogP contribution >= 0.6 is 23.2 Å². The van der Waals surface area contributed by atoms with Gasteiger partial charge in [0.1, 0.15) is 0 Å². The van der Waals surface area contributed by atoms with E-state index in [2.05, 4.69) is 18.7 Å². The van der Waals surface area contributed by atoms with Gasteiger partial charge in [-0.05, 0) is 50.5 Å². The Morgan fingerprint density at radius 3 is 2.06 bits per heavy atom. The van der Waals surface area contributed by atoms with Crippen molar-refractivity contribution in [1.82, 2.24) is 4.90 Å². The minimum Gasteiger partial charge on any atom is -0.385 e. The zero-order chi connectivity index (χ0) is 13.3. The average Bonchev–Trinajstić information content (AvgIpc) is 2.28. The SMILES string of the molecule is CC(C)N1CCC(O)(c2cc(Cl)cc(Cl)c2)CC1. The van der Waals surface area contributed by atoms with Crippen molar-refractivity contribution in [2.24, 2.45) is 0 Å². The molecule has 0 aliphatic carbocycles. The zero-order valence-corrected chi connectivity index (χ0v) is 12.3. The van der Waals surface area contributed by atoms with E-state index < -0.39 is 5.60 Å². The van der Waals surface area contributed by atoms with Crippen LogP contribution < -0.4 is 0 Å². The fraction of sp³-hybridized carbons (Fsp3) is 0.571. The van der Waals surface area contributed by atoms with Gasteiger partial charge in [0.2, 0.25) is 0 Å². The van der Waals surface area contributed by atoms with Crippen LogP contribution in [-0.4, -0.2) is 29.1 Å². The Bertz CT molecular complexity index is 406. The molecule has 0 atom stereocenters. The second kappa shape index (κ2) is 5.38. The van der Waals surface area contributed by atoms with E-state index in [-0.39, 0.29) is 0 Å². The highest BCUT2D eigenvalue weighted by Crippen LogP contribution is 2.36. The molecule has 0 amide bonds. The molecular formula is C14H19Cl2NO. The summed E-state index contributed by atoms with van der Waals surface area (Å²) in [5.74, 6) is 0. The Kier molecular flexibility index (Phi) is 4.22. The number of halogens is 2. The summed E-state index contributed by atoms with van der Waals surface area (Å²) < 4.78 is 0. The second-order valence-electron chi connectivity index (χ2n) is 5.32. The lowest BCUT2D eigenvalue weighted by Gasteiger charge is -2.40. The number of likely N-dealkylation sites (tertiary alicyclic amines) is 1. The monoisotopic (exact) mass is 287 g/mol. The topological polar surface area (TPSA) is 23.5 Å². The molecule has 4 heteroatoms. The normalized spacial score (nSPS) is 20.3. The quantitative estimate of drug-likeness (QED) is 0.897. The molecule has 2 nitrogen and oxygen atoms in total. The van der Waals surface area contributed by atoms with Gasteiger partial charge in [0.25, 0.3) is 0 Å². The molecule has 1 aromatic rings. The van der Waals surface area contributed by atoms with Crippen LogP contribution in [0.4, 0.5) is 0 Å². The summed E-state index contributed by atoms with van der Waals surface area (Å²) in [6, 6.07) is 5.85. The van der Waals surface area contributed by atoms with Gasteiger partial charge in [-0.3, -0.25) is 0 Å². The number of aliphatic hydroxyl groups is 1. The van der Waals surface area contributed by atoms with Gasteiger partial charge in [-0.25, -0.2) is 0 Å². The van der Waals surface area contributed by atoms with Gasteiger partial charge in [-0.15, -0.1) is 0 Å². The lowest BCUT2D eigenvalue weighted by molar-refractivity contribution is -0.0323. The molecule has 1 heterocycles. The molecule has 2 rings (SSSR count). The van der Waals surface area contributed by atoms with Crippen molar-refractivity contribution in [3.05, 3.63) is 33.8 Å². The molecule has 0 spiro atoms. The van der Waals surface area contributed by atoms with E-state index in [1.807, 2.05) is 12.1 Å². The summed E-state index contributed by atoms with van der Waals surface area (Å²) in [6.07, 6.45) is 1.45. The van der Waals surface area contributed by atoms with Gasteiger partial charge < -0.3 is 10.0 Å². The number of benzene rings is 1. The molecule has 1 fully saturated rings. The summed E-state index contributed by atoms with van der Waals surface area (Å²) in [5.41, 5.74) is 0.0448. The van der Waals surface area contributed by atoms with Gasteiger partial charge in [0.05, 0.1) is 5.60 Å². The number of rotatable bonds is 2. The highest BCUT2D eigenvalue weighted by Gasteiger charge is 2.34. The van der Waals surface area contributed by atoms with Crippen LogP contribution in [0.2, 0.25) is 10.0 Å². The first kappa shape index (κ1) is 14.1. The van der Waals surface area contributed by atoms with E-state index in [1.165, 1.54) is 0 Å². The molecule has 1 saturated heterocycles. The Morgan fingerprint density at radius 1 is 1.11 bits per heavy atom. The highest BCUT2D eigenvalue weighted by molar-refractivity contribution is 6.34. The molecule has 18 heavy (non-hydrogen) atoms. The zero-order valence-electron chi connectivity index (χ0n) is 10.8. The van der Waals surface area contributed by atoms with Crippen molar-refractivity contribution >= 4 is 23.2 Å². The first-order valence-corrected chi connectivity index (χ1v) is 7.09. The van der Waals surface area contributed by atoms with E-state index in [0.717, 1.165) is 31.5 Å². The third-order valence-electron chi connectivity index (χ3n) is 3.76. The standard InChI is InChI=1S/C14H19Cl2NO/c1-10(2)17-5-3-14(18,4-6-17)11-7-12(15)9-13(16)8-11/h7-10,18H,3-6H2,1-2H3. The van der Waals surface area contributed by atoms with Crippen LogP contribution in [0.5, 0.6) is 0 Å². The largest absolute Gasteiger partial charge is 0.385 e. The van der Waals surface area contributed by atoms with Crippen LogP contribution in [0.15, 0.2) is 18.2 Å². The molecule has 1 aromatic carbocycles. The summed E-state index contributed by atoms with van der Waals surface area (Å²) in [7, 11) is 0. The van der Waals surface area contributed by atoms with Gasteiger partial charge in [0.15, 0.2) is 0 Å². The van der Waals surface area contributed by atoms with Crippen molar-refractivity contribution in [2.75, 3.05) is 13.1 Å². The molecule has 1 N–H and O–H groups in total. The number of hydrogen-bond acceptors (Lipinski definition) is 2. The van der Waals surface area contributed by atoms with Crippen molar-refractivity contribution in [2.45, 2.75) is 38.3 Å². The van der Waals surface area contributed by atoms with E-state index in [1.54, 1.807) is 6.07 Å². The van der Waals surface area contributed by atoms with E-state index in [0.29, 0.717) is 16.1 Å². The molecule has 1 aliphatic rings. The Hall–Kier alpha value is -0.280. The molecule has 0 aromatic heterocycles.